The van der Waals surface area contributed by atoms with Crippen molar-refractivity contribution in [3.8, 4) is 0 Å². The number of hydrogen-bond donors (Lipinski definition) is 1. The van der Waals surface area contributed by atoms with Crippen molar-refractivity contribution in [2.75, 3.05) is 13.6 Å². The first-order valence-corrected chi connectivity index (χ1v) is 8.59. The molecule has 26 heavy (non-hydrogen) atoms. The molecule has 1 unspecified atom stereocenters. The third kappa shape index (κ3) is 2.65. The van der Waals surface area contributed by atoms with Gasteiger partial charge in [0.2, 0.25) is 5.91 Å². The topological polar surface area (TPSA) is 80.4 Å². The van der Waals surface area contributed by atoms with Gasteiger partial charge in [-0.25, -0.2) is 0 Å². The average Bonchev–Trinajstić information content (AvgIpc) is 3.26. The highest BCUT2D eigenvalue weighted by atomic mass is 16.3. The van der Waals surface area contributed by atoms with E-state index in [0.717, 1.165) is 16.6 Å². The van der Waals surface area contributed by atoms with Gasteiger partial charge in [-0.15, -0.1) is 0 Å². The maximum Gasteiger partial charge on any atom is 0.290 e. The molecule has 3 heterocycles. The number of carbonyl (C=O) groups excluding carboxylic acids is 2. The lowest BCUT2D eigenvalue weighted by Crippen LogP contribution is -2.42. The van der Waals surface area contributed by atoms with E-state index in [4.69, 9.17) is 4.42 Å². The number of hydrogen-bond acceptors (Lipinski definition) is 4. The molecule has 1 N–H and O–H groups in total. The first-order chi connectivity index (χ1) is 12.6. The predicted octanol–water partition coefficient (Wildman–Crippen LogP) is 2.27. The van der Waals surface area contributed by atoms with E-state index in [0.29, 0.717) is 24.4 Å². The first kappa shape index (κ1) is 16.4. The fraction of sp³-hybridized carbons (Fsp3) is 0.316. The normalized spacial score (nSPS) is 16.5. The molecule has 0 saturated heterocycles. The van der Waals surface area contributed by atoms with Gasteiger partial charge in [-0.3, -0.25) is 14.3 Å². The van der Waals surface area contributed by atoms with E-state index >= 15 is 0 Å². The summed E-state index contributed by atoms with van der Waals surface area (Å²) in [6, 6.07) is 9.31. The van der Waals surface area contributed by atoms with Crippen LogP contribution in [0.15, 0.2) is 40.9 Å². The molecule has 0 fully saturated rings. The molecule has 4 rings (SSSR count). The van der Waals surface area contributed by atoms with E-state index in [-0.39, 0.29) is 24.3 Å². The van der Waals surface area contributed by atoms with Crippen LogP contribution in [0.4, 0.5) is 0 Å². The minimum Gasteiger partial charge on any atom is -0.451 e. The summed E-state index contributed by atoms with van der Waals surface area (Å²) < 4.78 is 7.67. The van der Waals surface area contributed by atoms with Crippen molar-refractivity contribution < 1.29 is 14.0 Å². The minimum atomic E-state index is -0.192. The van der Waals surface area contributed by atoms with Gasteiger partial charge in [0.05, 0.1) is 24.7 Å². The quantitative estimate of drug-likeness (QED) is 0.784. The van der Waals surface area contributed by atoms with E-state index in [9.17, 15) is 9.59 Å². The molecule has 0 aliphatic carbocycles. The Hall–Kier alpha value is -3.09. The number of nitrogens with zero attached hydrogens (tertiary/aromatic N) is 3. The number of benzene rings is 1. The number of rotatable bonds is 3. The average molecular weight is 352 g/mol. The third-order valence-electron chi connectivity index (χ3n) is 4.91. The zero-order chi connectivity index (χ0) is 18.3. The van der Waals surface area contributed by atoms with Gasteiger partial charge in [-0.1, -0.05) is 18.2 Å². The molecule has 7 nitrogen and oxygen atoms in total. The van der Waals surface area contributed by atoms with Crippen LogP contribution in [0.2, 0.25) is 0 Å². The Morgan fingerprint density at radius 1 is 1.31 bits per heavy atom. The van der Waals surface area contributed by atoms with Crippen molar-refractivity contribution in [3.05, 3.63) is 53.5 Å². The summed E-state index contributed by atoms with van der Waals surface area (Å²) in [5.41, 5.74) is 2.46. The third-order valence-corrected chi connectivity index (χ3v) is 4.91. The van der Waals surface area contributed by atoms with Gasteiger partial charge < -0.3 is 14.6 Å². The molecule has 2 aromatic heterocycles. The van der Waals surface area contributed by atoms with Gasteiger partial charge in [0.25, 0.3) is 5.91 Å². The molecule has 7 heteroatoms. The Kier molecular flexibility index (Phi) is 3.99. The maximum absolute atomic E-state index is 13.1. The van der Waals surface area contributed by atoms with Gasteiger partial charge in [-0.05, 0) is 19.1 Å². The van der Waals surface area contributed by atoms with E-state index in [2.05, 4.69) is 10.4 Å². The summed E-state index contributed by atoms with van der Waals surface area (Å²) in [5.74, 6) is 0.122. The monoisotopic (exact) mass is 352 g/mol. The van der Waals surface area contributed by atoms with Crippen molar-refractivity contribution in [1.29, 1.82) is 0 Å². The van der Waals surface area contributed by atoms with Crippen molar-refractivity contribution in [2.24, 2.45) is 0 Å². The summed E-state index contributed by atoms with van der Waals surface area (Å²) in [7, 11) is 1.61. The second kappa shape index (κ2) is 6.33. The standard InChI is InChI=1S/C19H20N4O3/c1-12-15-5-3-4-6-16(15)26-18(12)19(25)22-10-13-7-8-21-23(13)14(11-22)9-17(24)20-2/h3-8,14H,9-11H2,1-2H3,(H,20,24). The smallest absolute Gasteiger partial charge is 0.290 e. The molecule has 134 valence electrons. The van der Waals surface area contributed by atoms with Crippen LogP contribution in [0.3, 0.4) is 0 Å². The van der Waals surface area contributed by atoms with Gasteiger partial charge in [0.1, 0.15) is 5.58 Å². The summed E-state index contributed by atoms with van der Waals surface area (Å²) in [4.78, 5) is 26.7. The van der Waals surface area contributed by atoms with Crippen LogP contribution in [0.25, 0.3) is 11.0 Å². The summed E-state index contributed by atoms with van der Waals surface area (Å²) in [6.07, 6.45) is 1.97. The van der Waals surface area contributed by atoms with E-state index in [1.807, 2.05) is 41.9 Å². The van der Waals surface area contributed by atoms with Crippen molar-refractivity contribution in [1.82, 2.24) is 20.0 Å². The van der Waals surface area contributed by atoms with Crippen LogP contribution >= 0.6 is 0 Å². The molecule has 0 spiro atoms. The predicted molar refractivity (Wildman–Crippen MR) is 95.6 cm³/mol. The highest BCUT2D eigenvalue weighted by Gasteiger charge is 2.32. The maximum atomic E-state index is 13.1. The lowest BCUT2D eigenvalue weighted by atomic mass is 10.1. The number of aryl methyl sites for hydroxylation is 1. The molecular weight excluding hydrogens is 332 g/mol. The Morgan fingerprint density at radius 2 is 2.12 bits per heavy atom. The summed E-state index contributed by atoms with van der Waals surface area (Å²) in [6.45, 7) is 2.76. The Labute approximate surface area is 150 Å². The molecule has 1 aromatic carbocycles. The Bertz CT molecular complexity index is 988. The summed E-state index contributed by atoms with van der Waals surface area (Å²) >= 11 is 0. The fourth-order valence-electron chi connectivity index (χ4n) is 3.53. The molecule has 0 radical (unpaired) electrons. The largest absolute Gasteiger partial charge is 0.451 e. The van der Waals surface area contributed by atoms with E-state index in [1.54, 1.807) is 18.1 Å². The van der Waals surface area contributed by atoms with Crippen LogP contribution in [-0.4, -0.2) is 40.1 Å². The fourth-order valence-corrected chi connectivity index (χ4v) is 3.53. The van der Waals surface area contributed by atoms with Crippen LogP contribution in [0.5, 0.6) is 0 Å². The van der Waals surface area contributed by atoms with Gasteiger partial charge in [-0.2, -0.15) is 5.10 Å². The number of fused-ring (bicyclic) bond motifs is 2. The van der Waals surface area contributed by atoms with Gasteiger partial charge >= 0.3 is 0 Å². The Balaban J connectivity index is 1.66. The molecule has 1 aliphatic rings. The van der Waals surface area contributed by atoms with Gasteiger partial charge in [0, 0.05) is 30.7 Å². The first-order valence-electron chi connectivity index (χ1n) is 8.59. The molecular formula is C19H20N4O3. The molecule has 0 bridgehead atoms. The van der Waals surface area contributed by atoms with E-state index < -0.39 is 0 Å². The number of furan rings is 1. The van der Waals surface area contributed by atoms with Crippen LogP contribution in [0, 0.1) is 6.92 Å². The summed E-state index contributed by atoms with van der Waals surface area (Å²) in [5, 5.41) is 7.90. The highest BCUT2D eigenvalue weighted by molar-refractivity contribution is 5.99. The van der Waals surface area contributed by atoms with Crippen molar-refractivity contribution in [3.63, 3.8) is 0 Å². The lowest BCUT2D eigenvalue weighted by Gasteiger charge is -2.33. The Morgan fingerprint density at radius 3 is 2.88 bits per heavy atom. The molecule has 2 amide bonds. The lowest BCUT2D eigenvalue weighted by molar-refractivity contribution is -0.121. The van der Waals surface area contributed by atoms with Crippen LogP contribution in [-0.2, 0) is 11.3 Å². The minimum absolute atomic E-state index is 0.0781. The van der Waals surface area contributed by atoms with E-state index in [1.165, 1.54) is 0 Å². The second-order valence-electron chi connectivity index (χ2n) is 6.54. The van der Waals surface area contributed by atoms with Crippen LogP contribution < -0.4 is 5.32 Å². The van der Waals surface area contributed by atoms with Crippen molar-refractivity contribution >= 4 is 22.8 Å². The number of nitrogens with one attached hydrogen (secondary N) is 1. The number of carbonyl (C=O) groups is 2. The molecule has 1 aliphatic heterocycles. The van der Waals surface area contributed by atoms with Crippen molar-refractivity contribution in [2.45, 2.75) is 25.9 Å². The van der Waals surface area contributed by atoms with Gasteiger partial charge in [0.15, 0.2) is 5.76 Å². The number of para-hydroxylation sites is 1. The molecule has 1 atom stereocenters. The number of amides is 2. The highest BCUT2D eigenvalue weighted by Crippen LogP contribution is 2.29. The second-order valence-corrected chi connectivity index (χ2v) is 6.54. The number of aromatic nitrogens is 2. The zero-order valence-corrected chi connectivity index (χ0v) is 14.7. The molecule has 3 aromatic rings. The molecule has 0 saturated carbocycles. The zero-order valence-electron chi connectivity index (χ0n) is 14.7. The SMILES string of the molecule is CNC(=O)CC1CN(C(=O)c2oc3ccccc3c2C)Cc2ccnn21. The van der Waals surface area contributed by atoms with Crippen LogP contribution in [0.1, 0.15) is 34.3 Å².